The zero-order chi connectivity index (χ0) is 21.1. The molecule has 4 rings (SSSR count). The van der Waals surface area contributed by atoms with Gasteiger partial charge in [0.05, 0.1) is 0 Å². The summed E-state index contributed by atoms with van der Waals surface area (Å²) in [6.45, 7) is 16.1. The van der Waals surface area contributed by atoms with Crippen LogP contribution in [0, 0.1) is 5.92 Å². The van der Waals surface area contributed by atoms with Gasteiger partial charge in [-0.25, -0.2) is 0 Å². The van der Waals surface area contributed by atoms with E-state index in [1.165, 1.54) is 22.3 Å². The summed E-state index contributed by atoms with van der Waals surface area (Å²) < 4.78 is 2.68. The van der Waals surface area contributed by atoms with Gasteiger partial charge < -0.3 is 24.8 Å². The molecule has 0 fully saturated rings. The van der Waals surface area contributed by atoms with Crippen molar-refractivity contribution in [2.24, 2.45) is 5.92 Å². The first-order chi connectivity index (χ1) is 14.0. The van der Waals surface area contributed by atoms with Gasteiger partial charge in [-0.1, -0.05) is 13.8 Å². The van der Waals surface area contributed by atoms with Gasteiger partial charge in [0.15, 0.2) is 0 Å². The van der Waals surface area contributed by atoms with Crippen molar-refractivity contribution in [1.82, 2.24) is 0 Å². The summed E-state index contributed by atoms with van der Waals surface area (Å²) in [5.74, 6) is 0.681. The minimum Gasteiger partial charge on any atom is -1.00 e. The van der Waals surface area contributed by atoms with Crippen LogP contribution in [0.4, 0.5) is 0 Å². The van der Waals surface area contributed by atoms with Gasteiger partial charge in [0.1, 0.15) is 0 Å². The van der Waals surface area contributed by atoms with E-state index in [1.807, 2.05) is 17.1 Å². The van der Waals surface area contributed by atoms with Crippen molar-refractivity contribution in [3.05, 3.63) is 85.7 Å². The normalized spacial score (nSPS) is 19.1. The molecule has 0 radical (unpaired) electrons. The fourth-order valence-electron chi connectivity index (χ4n) is 5.10. The molecule has 0 saturated carbocycles. The molecule has 2 aromatic rings. The monoisotopic (exact) mass is 547 g/mol. The Kier molecular flexibility index (Phi) is 11.5. The SMILES string of the molecule is CC.C[SiH2][Zr+2]([C]1=C(C)C(C)=CC1C)[CH]1C(C)=Cc2c(-c3ccccc3)cccc21.[Cl-].[Cl-]. The van der Waals surface area contributed by atoms with Crippen molar-refractivity contribution < 1.29 is 45.7 Å². The van der Waals surface area contributed by atoms with Gasteiger partial charge >= 0.3 is 174 Å². The third kappa shape index (κ3) is 5.47. The summed E-state index contributed by atoms with van der Waals surface area (Å²) in [4.78, 5) is 0. The van der Waals surface area contributed by atoms with Crippen molar-refractivity contribution in [3.63, 3.8) is 0 Å². The van der Waals surface area contributed by atoms with Crippen LogP contribution < -0.4 is 24.8 Å². The summed E-state index contributed by atoms with van der Waals surface area (Å²) in [5.41, 5.74) is 10.7. The van der Waals surface area contributed by atoms with Crippen LogP contribution in [-0.4, -0.2) is 6.65 Å². The molecule has 31 heavy (non-hydrogen) atoms. The van der Waals surface area contributed by atoms with E-state index in [-0.39, 0.29) is 31.5 Å². The minimum atomic E-state index is -1.69. The fraction of sp³-hybridized carbons (Fsp3) is 0.333. The molecule has 165 valence electrons. The Hall–Kier alpha value is -0.660. The quantitative estimate of drug-likeness (QED) is 0.507. The van der Waals surface area contributed by atoms with Gasteiger partial charge in [-0.05, 0) is 0 Å². The maximum absolute atomic E-state index is 2.59. The van der Waals surface area contributed by atoms with Gasteiger partial charge in [-0.2, -0.15) is 0 Å². The van der Waals surface area contributed by atoms with E-state index in [1.54, 1.807) is 16.7 Å². The van der Waals surface area contributed by atoms with Gasteiger partial charge in [0, 0.05) is 0 Å². The molecule has 2 aliphatic carbocycles. The van der Waals surface area contributed by atoms with Crippen LogP contribution in [0.25, 0.3) is 17.2 Å². The first-order valence-corrected chi connectivity index (χ1v) is 21.1. The molecule has 2 aromatic carbocycles. The third-order valence-electron chi connectivity index (χ3n) is 6.39. The first kappa shape index (κ1) is 28.4. The second-order valence-electron chi connectivity index (χ2n) is 8.05. The average molecular weight is 550 g/mol. The van der Waals surface area contributed by atoms with Crippen molar-refractivity contribution in [1.29, 1.82) is 0 Å². The molecule has 2 aliphatic rings. The van der Waals surface area contributed by atoms with Crippen LogP contribution in [0.3, 0.4) is 0 Å². The molecule has 0 amide bonds. The van der Waals surface area contributed by atoms with Gasteiger partial charge in [-0.15, -0.1) is 0 Å². The van der Waals surface area contributed by atoms with Crippen LogP contribution >= 0.6 is 0 Å². The van der Waals surface area contributed by atoms with Crippen LogP contribution in [0.5, 0.6) is 0 Å². The summed E-state index contributed by atoms with van der Waals surface area (Å²) in [5, 5.41) is 0. The number of benzene rings is 2. The zero-order valence-electron chi connectivity index (χ0n) is 19.9. The molecule has 0 N–H and O–H groups in total. The molecule has 0 spiro atoms. The summed E-state index contributed by atoms with van der Waals surface area (Å²) >= 11 is -1.69. The van der Waals surface area contributed by atoms with Crippen molar-refractivity contribution in [3.8, 4) is 11.1 Å². The van der Waals surface area contributed by atoms with Crippen molar-refractivity contribution in [2.75, 3.05) is 0 Å². The molecule has 0 bridgehead atoms. The standard InChI is InChI=1S/C16H13.C8H11.C2H6.CH5Si.2ClH.Zr/c1-12-10-14-8-5-9-15(16(14)11-12)13-6-3-2-4-7-13;1-6-4-7(2)8(3)5-6;2*1-2;;;/h2-11H,1H3;4,6H,1-3H3;1-2H3;2H2,1H3;2*1H;/q;;;;;;+2/p-2. The Morgan fingerprint density at radius 2 is 1.52 bits per heavy atom. The van der Waals surface area contributed by atoms with Gasteiger partial charge in [0.2, 0.25) is 0 Å². The molecule has 2 atom stereocenters. The maximum Gasteiger partial charge on any atom is -1.00 e. The van der Waals surface area contributed by atoms with Crippen LogP contribution in [0.1, 0.15) is 56.3 Å². The second kappa shape index (κ2) is 12.5. The molecular formula is C27H35Cl2SiZr. The topological polar surface area (TPSA) is 0 Å². The van der Waals surface area contributed by atoms with Crippen LogP contribution in [0.2, 0.25) is 6.55 Å². The number of hydrogen-bond acceptors (Lipinski definition) is 0. The summed E-state index contributed by atoms with van der Waals surface area (Å²) in [6.07, 6.45) is 5.04. The van der Waals surface area contributed by atoms with E-state index >= 15 is 0 Å². The summed E-state index contributed by atoms with van der Waals surface area (Å²) in [6, 6.07) is 17.9. The Labute approximate surface area is 211 Å². The van der Waals surface area contributed by atoms with Gasteiger partial charge in [0.25, 0.3) is 0 Å². The predicted molar refractivity (Wildman–Crippen MR) is 130 cm³/mol. The number of halogens is 2. The Bertz CT molecular complexity index is 976. The molecule has 0 nitrogen and oxygen atoms in total. The van der Waals surface area contributed by atoms with Gasteiger partial charge in [-0.3, -0.25) is 0 Å². The van der Waals surface area contributed by atoms with E-state index < -0.39 is 20.9 Å². The molecule has 4 heteroatoms. The second-order valence-corrected chi connectivity index (χ2v) is 23.8. The van der Waals surface area contributed by atoms with E-state index in [0.717, 1.165) is 3.63 Å². The molecular weight excluding hydrogens is 515 g/mol. The smallest absolute Gasteiger partial charge is 1.00 e. The number of allylic oxidation sites excluding steroid dienone is 5. The molecule has 0 saturated heterocycles. The average Bonchev–Trinajstić information content (AvgIpc) is 3.21. The summed E-state index contributed by atoms with van der Waals surface area (Å²) in [7, 11) is 0. The van der Waals surface area contributed by atoms with E-state index in [0.29, 0.717) is 5.92 Å². The Balaban J connectivity index is 0.00000117. The van der Waals surface area contributed by atoms with Crippen LogP contribution in [0.15, 0.2) is 74.6 Å². The largest absolute Gasteiger partial charge is 1.00 e. The molecule has 0 aromatic heterocycles. The maximum atomic E-state index is 2.59. The number of fused-ring (bicyclic) bond motifs is 1. The minimum absolute atomic E-state index is 0. The number of hydrogen-bond donors (Lipinski definition) is 0. The van der Waals surface area contributed by atoms with Crippen molar-refractivity contribution in [2.45, 2.75) is 51.7 Å². The molecule has 0 heterocycles. The molecule has 2 unspecified atom stereocenters. The molecule has 0 aliphatic heterocycles. The van der Waals surface area contributed by atoms with Crippen molar-refractivity contribution >= 4 is 12.7 Å². The fourth-order valence-corrected chi connectivity index (χ4v) is 25.6. The van der Waals surface area contributed by atoms with Crippen LogP contribution in [-0.2, 0) is 20.9 Å². The predicted octanol–water partition coefficient (Wildman–Crippen LogP) is 1.47. The van der Waals surface area contributed by atoms with E-state index in [4.69, 9.17) is 0 Å². The van der Waals surface area contributed by atoms with E-state index in [9.17, 15) is 0 Å². The van der Waals surface area contributed by atoms with E-state index in [2.05, 4.69) is 94.9 Å². The Morgan fingerprint density at radius 3 is 2.06 bits per heavy atom. The third-order valence-corrected chi connectivity index (χ3v) is 24.8. The first-order valence-electron chi connectivity index (χ1n) is 11.1. The zero-order valence-corrected chi connectivity index (χ0v) is 25.3. The Morgan fingerprint density at radius 1 is 0.871 bits per heavy atom. The number of rotatable bonds is 4.